The van der Waals surface area contributed by atoms with Gasteiger partial charge in [-0.25, -0.2) is 0 Å². The van der Waals surface area contributed by atoms with Crippen LogP contribution in [0.15, 0.2) is 41.0 Å². The van der Waals surface area contributed by atoms with E-state index in [0.29, 0.717) is 0 Å². The molecule has 3 rings (SSSR count). The van der Waals surface area contributed by atoms with Crippen molar-refractivity contribution in [1.29, 1.82) is 0 Å². The van der Waals surface area contributed by atoms with Gasteiger partial charge in [0.1, 0.15) is 11.4 Å². The molecule has 1 atom stereocenters. The molecule has 1 N–H and O–H groups in total. The number of aryl methyl sites for hydroxylation is 2. The number of hydrogen-bond donors (Lipinski definition) is 1. The van der Waals surface area contributed by atoms with Crippen LogP contribution in [0.2, 0.25) is 0 Å². The summed E-state index contributed by atoms with van der Waals surface area (Å²) in [7, 11) is 0. The van der Waals surface area contributed by atoms with E-state index < -0.39 is 5.60 Å². The monoisotopic (exact) mass is 242 g/mol. The fourth-order valence-electron chi connectivity index (χ4n) is 2.86. The average molecular weight is 242 g/mol. The lowest BCUT2D eigenvalue weighted by Gasteiger charge is -2.32. The maximum Gasteiger partial charge on any atom is 0.118 e. The van der Waals surface area contributed by atoms with Gasteiger partial charge in [-0.1, -0.05) is 31.2 Å². The van der Waals surface area contributed by atoms with Gasteiger partial charge in [0.15, 0.2) is 0 Å². The molecule has 2 aromatic rings. The zero-order valence-corrected chi connectivity index (χ0v) is 10.6. The number of furan rings is 1. The van der Waals surface area contributed by atoms with Crippen LogP contribution < -0.4 is 0 Å². The summed E-state index contributed by atoms with van der Waals surface area (Å²) in [5, 5.41) is 11.0. The van der Waals surface area contributed by atoms with Crippen molar-refractivity contribution in [3.63, 3.8) is 0 Å². The van der Waals surface area contributed by atoms with Gasteiger partial charge in [-0.3, -0.25) is 0 Å². The van der Waals surface area contributed by atoms with Gasteiger partial charge < -0.3 is 9.52 Å². The molecular weight excluding hydrogens is 224 g/mol. The standard InChI is InChI=1S/C16H18O2/c1-2-12-5-7-13(8-6-12)16(17)10-3-4-15-14(16)9-11-18-15/h5-9,11,17H,2-4,10H2,1H3. The summed E-state index contributed by atoms with van der Waals surface area (Å²) >= 11 is 0. The molecule has 0 radical (unpaired) electrons. The normalized spacial score (nSPS) is 22.8. The zero-order valence-electron chi connectivity index (χ0n) is 10.6. The molecule has 94 valence electrons. The van der Waals surface area contributed by atoms with Crippen molar-refractivity contribution in [1.82, 2.24) is 0 Å². The minimum Gasteiger partial charge on any atom is -0.469 e. The molecular formula is C16H18O2. The fourth-order valence-corrected chi connectivity index (χ4v) is 2.86. The molecule has 1 unspecified atom stereocenters. The van der Waals surface area contributed by atoms with E-state index in [1.54, 1.807) is 6.26 Å². The molecule has 1 aromatic heterocycles. The Hall–Kier alpha value is -1.54. The van der Waals surface area contributed by atoms with E-state index in [0.717, 1.165) is 42.6 Å². The molecule has 1 aliphatic carbocycles. The number of aliphatic hydroxyl groups is 1. The number of fused-ring (bicyclic) bond motifs is 1. The van der Waals surface area contributed by atoms with Crippen molar-refractivity contribution in [3.05, 3.63) is 59.0 Å². The number of hydrogen-bond acceptors (Lipinski definition) is 2. The van der Waals surface area contributed by atoms with Crippen molar-refractivity contribution in [2.24, 2.45) is 0 Å². The van der Waals surface area contributed by atoms with Gasteiger partial charge in [-0.2, -0.15) is 0 Å². The van der Waals surface area contributed by atoms with Crippen LogP contribution in [0.5, 0.6) is 0 Å². The van der Waals surface area contributed by atoms with E-state index >= 15 is 0 Å². The van der Waals surface area contributed by atoms with Gasteiger partial charge in [0, 0.05) is 12.0 Å². The van der Waals surface area contributed by atoms with Crippen LogP contribution in [-0.4, -0.2) is 5.11 Å². The predicted octanol–water partition coefficient (Wildman–Crippen LogP) is 3.41. The molecule has 0 spiro atoms. The first-order chi connectivity index (χ1) is 8.74. The Morgan fingerprint density at radius 1 is 1.22 bits per heavy atom. The smallest absolute Gasteiger partial charge is 0.118 e. The summed E-state index contributed by atoms with van der Waals surface area (Å²) in [5.41, 5.74) is 2.35. The van der Waals surface area contributed by atoms with E-state index in [2.05, 4.69) is 19.1 Å². The van der Waals surface area contributed by atoms with Gasteiger partial charge in [-0.15, -0.1) is 0 Å². The quantitative estimate of drug-likeness (QED) is 0.875. The lowest BCUT2D eigenvalue weighted by atomic mass is 9.78. The van der Waals surface area contributed by atoms with Gasteiger partial charge in [0.2, 0.25) is 0 Å². The fraction of sp³-hybridized carbons (Fsp3) is 0.375. The lowest BCUT2D eigenvalue weighted by Crippen LogP contribution is -2.30. The van der Waals surface area contributed by atoms with E-state index in [9.17, 15) is 5.11 Å². The summed E-state index contributed by atoms with van der Waals surface area (Å²) < 4.78 is 5.46. The highest BCUT2D eigenvalue weighted by molar-refractivity contribution is 5.40. The van der Waals surface area contributed by atoms with Gasteiger partial charge >= 0.3 is 0 Å². The van der Waals surface area contributed by atoms with Crippen LogP contribution in [0.25, 0.3) is 0 Å². The topological polar surface area (TPSA) is 33.4 Å². The van der Waals surface area contributed by atoms with Crippen LogP contribution in [0.3, 0.4) is 0 Å². The van der Waals surface area contributed by atoms with Crippen LogP contribution >= 0.6 is 0 Å². The molecule has 0 fully saturated rings. The molecule has 0 saturated carbocycles. The van der Waals surface area contributed by atoms with Crippen LogP contribution in [0, 0.1) is 0 Å². The first kappa shape index (κ1) is 11.5. The second kappa shape index (κ2) is 4.29. The highest BCUT2D eigenvalue weighted by Crippen LogP contribution is 2.40. The van der Waals surface area contributed by atoms with Crippen molar-refractivity contribution < 1.29 is 9.52 Å². The largest absolute Gasteiger partial charge is 0.469 e. The Morgan fingerprint density at radius 3 is 2.72 bits per heavy atom. The van der Waals surface area contributed by atoms with E-state index in [1.807, 2.05) is 18.2 Å². The zero-order chi connectivity index (χ0) is 12.6. The first-order valence-corrected chi connectivity index (χ1v) is 6.62. The Bertz CT molecular complexity index is 538. The van der Waals surface area contributed by atoms with Crippen molar-refractivity contribution in [2.75, 3.05) is 0 Å². The third kappa shape index (κ3) is 1.68. The van der Waals surface area contributed by atoms with Crippen LogP contribution in [0.4, 0.5) is 0 Å². The highest BCUT2D eigenvalue weighted by Gasteiger charge is 2.37. The van der Waals surface area contributed by atoms with E-state index in [1.165, 1.54) is 5.56 Å². The molecule has 1 heterocycles. The molecule has 0 bridgehead atoms. The second-order valence-corrected chi connectivity index (χ2v) is 5.02. The minimum atomic E-state index is -0.868. The summed E-state index contributed by atoms with van der Waals surface area (Å²) in [6, 6.07) is 10.2. The third-order valence-electron chi connectivity index (χ3n) is 3.97. The van der Waals surface area contributed by atoms with Crippen molar-refractivity contribution >= 4 is 0 Å². The molecule has 0 saturated heterocycles. The van der Waals surface area contributed by atoms with Crippen molar-refractivity contribution in [3.8, 4) is 0 Å². The van der Waals surface area contributed by atoms with Gasteiger partial charge in [0.25, 0.3) is 0 Å². The summed E-state index contributed by atoms with van der Waals surface area (Å²) in [4.78, 5) is 0. The summed E-state index contributed by atoms with van der Waals surface area (Å²) in [6.07, 6.45) is 5.37. The second-order valence-electron chi connectivity index (χ2n) is 5.02. The molecule has 2 heteroatoms. The van der Waals surface area contributed by atoms with Gasteiger partial charge in [0.05, 0.1) is 6.26 Å². The third-order valence-corrected chi connectivity index (χ3v) is 3.97. The molecule has 0 amide bonds. The predicted molar refractivity (Wildman–Crippen MR) is 70.5 cm³/mol. The molecule has 1 aliphatic rings. The Labute approximate surface area is 107 Å². The molecule has 2 nitrogen and oxygen atoms in total. The summed E-state index contributed by atoms with van der Waals surface area (Å²) in [5.74, 6) is 0.934. The molecule has 0 aliphatic heterocycles. The average Bonchev–Trinajstić information content (AvgIpc) is 2.89. The molecule has 1 aromatic carbocycles. The Kier molecular flexibility index (Phi) is 2.75. The van der Waals surface area contributed by atoms with E-state index in [-0.39, 0.29) is 0 Å². The molecule has 18 heavy (non-hydrogen) atoms. The van der Waals surface area contributed by atoms with Crippen LogP contribution in [0.1, 0.15) is 42.2 Å². The Balaban J connectivity index is 2.05. The maximum atomic E-state index is 11.0. The first-order valence-electron chi connectivity index (χ1n) is 6.62. The van der Waals surface area contributed by atoms with Gasteiger partial charge in [-0.05, 0) is 36.5 Å². The van der Waals surface area contributed by atoms with E-state index in [4.69, 9.17) is 4.42 Å². The maximum absolute atomic E-state index is 11.0. The number of rotatable bonds is 2. The van der Waals surface area contributed by atoms with Crippen molar-refractivity contribution in [2.45, 2.75) is 38.2 Å². The highest BCUT2D eigenvalue weighted by atomic mass is 16.3. The SMILES string of the molecule is CCc1ccc(C2(O)CCCc3occc32)cc1. The minimum absolute atomic E-state index is 0.769. The summed E-state index contributed by atoms with van der Waals surface area (Å²) in [6.45, 7) is 2.14. The Morgan fingerprint density at radius 2 is 2.00 bits per heavy atom. The lowest BCUT2D eigenvalue weighted by molar-refractivity contribution is 0.0589. The number of benzene rings is 1. The van der Waals surface area contributed by atoms with Crippen LogP contribution in [-0.2, 0) is 18.4 Å².